The van der Waals surface area contributed by atoms with Crippen LogP contribution in [0.4, 0.5) is 0 Å². The van der Waals surface area contributed by atoms with Crippen LogP contribution < -0.4 is 10.1 Å². The minimum atomic E-state index is 0.617. The molecule has 0 saturated heterocycles. The molecular formula is C18H27NO. The molecule has 0 aromatic heterocycles. The van der Waals surface area contributed by atoms with Gasteiger partial charge in [-0.05, 0) is 43.7 Å². The molecule has 2 aliphatic rings. The number of para-hydroxylation sites is 1. The highest BCUT2D eigenvalue weighted by atomic mass is 16.5. The van der Waals surface area contributed by atoms with Crippen molar-refractivity contribution >= 4 is 0 Å². The third-order valence-electron chi connectivity index (χ3n) is 5.13. The first-order chi connectivity index (χ1) is 9.84. The summed E-state index contributed by atoms with van der Waals surface area (Å²) in [6.07, 6.45) is 8.27. The van der Waals surface area contributed by atoms with E-state index < -0.39 is 0 Å². The molecule has 3 rings (SSSR count). The smallest absolute Gasteiger partial charge is 0.122 e. The first-order valence-electron chi connectivity index (χ1n) is 8.29. The molecular weight excluding hydrogens is 246 g/mol. The van der Waals surface area contributed by atoms with Crippen LogP contribution in [0.25, 0.3) is 0 Å². The summed E-state index contributed by atoms with van der Waals surface area (Å²) in [7, 11) is 0. The summed E-state index contributed by atoms with van der Waals surface area (Å²) in [5, 5.41) is 3.81. The number of hydrogen-bond acceptors (Lipinski definition) is 2. The van der Waals surface area contributed by atoms with E-state index in [2.05, 4.69) is 36.5 Å². The van der Waals surface area contributed by atoms with Crippen molar-refractivity contribution in [1.29, 1.82) is 0 Å². The van der Waals surface area contributed by atoms with Crippen LogP contribution >= 0.6 is 0 Å². The Morgan fingerprint density at radius 1 is 1.15 bits per heavy atom. The maximum Gasteiger partial charge on any atom is 0.122 e. The zero-order valence-electron chi connectivity index (χ0n) is 12.6. The van der Waals surface area contributed by atoms with Crippen LogP contribution in [-0.4, -0.2) is 19.2 Å². The molecule has 1 aliphatic heterocycles. The number of hydrogen-bond donors (Lipinski definition) is 1. The van der Waals surface area contributed by atoms with E-state index in [1.807, 2.05) is 0 Å². The average molecular weight is 273 g/mol. The van der Waals surface area contributed by atoms with Crippen molar-refractivity contribution in [3.63, 3.8) is 0 Å². The van der Waals surface area contributed by atoms with Gasteiger partial charge in [0.25, 0.3) is 0 Å². The Hall–Kier alpha value is -1.02. The highest BCUT2D eigenvalue weighted by molar-refractivity contribution is 5.37. The summed E-state index contributed by atoms with van der Waals surface area (Å²) in [5.41, 5.74) is 1.39. The van der Waals surface area contributed by atoms with E-state index in [1.165, 1.54) is 37.7 Å². The van der Waals surface area contributed by atoms with Crippen molar-refractivity contribution in [2.24, 2.45) is 5.92 Å². The lowest BCUT2D eigenvalue weighted by Gasteiger charge is -2.31. The van der Waals surface area contributed by atoms with Crippen molar-refractivity contribution in [1.82, 2.24) is 5.32 Å². The second kappa shape index (κ2) is 6.62. The van der Waals surface area contributed by atoms with Gasteiger partial charge in [0.2, 0.25) is 0 Å². The van der Waals surface area contributed by atoms with Crippen molar-refractivity contribution in [2.75, 3.05) is 13.2 Å². The van der Waals surface area contributed by atoms with Crippen LogP contribution in [0.15, 0.2) is 24.3 Å². The molecule has 0 amide bonds. The Bertz CT molecular complexity index is 425. The van der Waals surface area contributed by atoms with Gasteiger partial charge in [-0.25, -0.2) is 0 Å². The van der Waals surface area contributed by atoms with Crippen LogP contribution in [0.2, 0.25) is 0 Å². The Kier molecular flexibility index (Phi) is 4.62. The molecule has 0 spiro atoms. The van der Waals surface area contributed by atoms with E-state index in [0.717, 1.165) is 31.2 Å². The number of fused-ring (bicyclic) bond motifs is 1. The molecule has 2 unspecified atom stereocenters. The lowest BCUT2D eigenvalue weighted by molar-refractivity contribution is 0.247. The van der Waals surface area contributed by atoms with Crippen LogP contribution in [0.1, 0.15) is 56.9 Å². The highest BCUT2D eigenvalue weighted by Gasteiger charge is 2.24. The SMILES string of the molecule is CC(NCC1CCOc2ccccc21)C1CCCCC1. The summed E-state index contributed by atoms with van der Waals surface area (Å²) in [6.45, 7) is 4.33. The third-order valence-corrected chi connectivity index (χ3v) is 5.13. The first kappa shape index (κ1) is 13.9. The highest BCUT2D eigenvalue weighted by Crippen LogP contribution is 2.33. The first-order valence-corrected chi connectivity index (χ1v) is 8.29. The second-order valence-corrected chi connectivity index (χ2v) is 6.47. The lowest BCUT2D eigenvalue weighted by atomic mass is 9.84. The van der Waals surface area contributed by atoms with E-state index in [4.69, 9.17) is 4.74 Å². The zero-order valence-corrected chi connectivity index (χ0v) is 12.6. The third kappa shape index (κ3) is 3.17. The molecule has 0 radical (unpaired) electrons. The molecule has 2 atom stereocenters. The molecule has 1 fully saturated rings. The minimum Gasteiger partial charge on any atom is -0.493 e. The summed E-state index contributed by atoms with van der Waals surface area (Å²) in [5.74, 6) is 2.60. The van der Waals surface area contributed by atoms with Crippen LogP contribution in [0.5, 0.6) is 5.75 Å². The Balaban J connectivity index is 1.56. The molecule has 2 nitrogen and oxygen atoms in total. The van der Waals surface area contributed by atoms with E-state index in [-0.39, 0.29) is 0 Å². The van der Waals surface area contributed by atoms with Crippen molar-refractivity contribution < 1.29 is 4.74 Å². The monoisotopic (exact) mass is 273 g/mol. The fraction of sp³-hybridized carbons (Fsp3) is 0.667. The van der Waals surface area contributed by atoms with E-state index >= 15 is 0 Å². The van der Waals surface area contributed by atoms with Gasteiger partial charge in [0.05, 0.1) is 6.61 Å². The molecule has 1 aromatic rings. The van der Waals surface area contributed by atoms with Gasteiger partial charge in [-0.3, -0.25) is 0 Å². The van der Waals surface area contributed by atoms with Crippen molar-refractivity contribution in [3.8, 4) is 5.75 Å². The maximum absolute atomic E-state index is 5.75. The molecule has 1 heterocycles. The summed E-state index contributed by atoms with van der Waals surface area (Å²) in [6, 6.07) is 9.19. The molecule has 20 heavy (non-hydrogen) atoms. The summed E-state index contributed by atoms with van der Waals surface area (Å²) >= 11 is 0. The van der Waals surface area contributed by atoms with Gasteiger partial charge in [-0.15, -0.1) is 0 Å². The number of nitrogens with one attached hydrogen (secondary N) is 1. The number of ether oxygens (including phenoxy) is 1. The predicted molar refractivity (Wildman–Crippen MR) is 83.3 cm³/mol. The van der Waals surface area contributed by atoms with Gasteiger partial charge in [-0.1, -0.05) is 37.5 Å². The van der Waals surface area contributed by atoms with E-state index in [1.54, 1.807) is 0 Å². The van der Waals surface area contributed by atoms with Crippen LogP contribution in [0.3, 0.4) is 0 Å². The van der Waals surface area contributed by atoms with Crippen molar-refractivity contribution in [2.45, 2.75) is 57.4 Å². The Morgan fingerprint density at radius 3 is 2.80 bits per heavy atom. The summed E-state index contributed by atoms with van der Waals surface area (Å²) in [4.78, 5) is 0. The standard InChI is InChI=1S/C18H27NO/c1-14(15-7-3-2-4-8-15)19-13-16-11-12-20-18-10-6-5-9-17(16)18/h5-6,9-10,14-16,19H,2-4,7-8,11-13H2,1H3. The molecule has 110 valence electrons. The molecule has 1 saturated carbocycles. The van der Waals surface area contributed by atoms with Crippen molar-refractivity contribution in [3.05, 3.63) is 29.8 Å². The van der Waals surface area contributed by atoms with E-state index in [0.29, 0.717) is 12.0 Å². The molecule has 1 aliphatic carbocycles. The van der Waals surface area contributed by atoms with Gasteiger partial charge < -0.3 is 10.1 Å². The normalized spacial score (nSPS) is 24.8. The number of rotatable bonds is 4. The molecule has 0 bridgehead atoms. The van der Waals surface area contributed by atoms with Crippen LogP contribution in [-0.2, 0) is 0 Å². The van der Waals surface area contributed by atoms with E-state index in [9.17, 15) is 0 Å². The Morgan fingerprint density at radius 2 is 1.95 bits per heavy atom. The number of benzene rings is 1. The largest absolute Gasteiger partial charge is 0.493 e. The minimum absolute atomic E-state index is 0.617. The fourth-order valence-corrected chi connectivity index (χ4v) is 3.76. The fourth-order valence-electron chi connectivity index (χ4n) is 3.76. The van der Waals surface area contributed by atoms with Gasteiger partial charge in [0, 0.05) is 18.5 Å². The van der Waals surface area contributed by atoms with Gasteiger partial charge in [-0.2, -0.15) is 0 Å². The maximum atomic E-state index is 5.75. The Labute approximate surface area is 122 Å². The average Bonchev–Trinajstić information content (AvgIpc) is 2.53. The quantitative estimate of drug-likeness (QED) is 0.891. The topological polar surface area (TPSA) is 21.3 Å². The summed E-state index contributed by atoms with van der Waals surface area (Å²) < 4.78 is 5.75. The molecule has 1 N–H and O–H groups in total. The molecule has 1 aromatic carbocycles. The molecule has 2 heteroatoms. The van der Waals surface area contributed by atoms with Gasteiger partial charge in [0.15, 0.2) is 0 Å². The second-order valence-electron chi connectivity index (χ2n) is 6.47. The lowest BCUT2D eigenvalue weighted by Crippen LogP contribution is -2.38. The van der Waals surface area contributed by atoms with Gasteiger partial charge in [0.1, 0.15) is 5.75 Å². The van der Waals surface area contributed by atoms with Crippen LogP contribution in [0, 0.1) is 5.92 Å². The zero-order chi connectivity index (χ0) is 13.8. The predicted octanol–water partition coefficient (Wildman–Crippen LogP) is 4.11. The van der Waals surface area contributed by atoms with Gasteiger partial charge >= 0.3 is 0 Å².